The Morgan fingerprint density at radius 1 is 1.15 bits per heavy atom. The van der Waals surface area contributed by atoms with E-state index in [1.165, 1.54) is 0 Å². The highest BCUT2D eigenvalue weighted by atomic mass is 16.3. The van der Waals surface area contributed by atoms with Crippen molar-refractivity contribution in [2.45, 2.75) is 26.3 Å². The topological polar surface area (TPSA) is 84.9 Å². The molecule has 0 aromatic carbocycles. The molecule has 7 heteroatoms. The number of nitrogens with one attached hydrogen (secondary N) is 2. The summed E-state index contributed by atoms with van der Waals surface area (Å²) in [6.45, 7) is 8.15. The summed E-state index contributed by atoms with van der Waals surface area (Å²) in [5.74, 6) is -0.279. The first-order valence-electron chi connectivity index (χ1n) is 7.17. The van der Waals surface area contributed by atoms with Crippen molar-refractivity contribution in [2.24, 2.45) is 0 Å². The summed E-state index contributed by atoms with van der Waals surface area (Å²) in [6.07, 6.45) is 0.964. The lowest BCUT2D eigenvalue weighted by Crippen LogP contribution is -2.46. The summed E-state index contributed by atoms with van der Waals surface area (Å²) in [4.78, 5) is 27.4. The summed E-state index contributed by atoms with van der Waals surface area (Å²) in [6, 6.07) is -0.435. The van der Waals surface area contributed by atoms with Gasteiger partial charge < -0.3 is 10.4 Å². The number of hydrogen-bond donors (Lipinski definition) is 3. The third kappa shape index (κ3) is 6.83. The summed E-state index contributed by atoms with van der Waals surface area (Å²) >= 11 is 0. The van der Waals surface area contributed by atoms with E-state index in [9.17, 15) is 9.59 Å². The lowest BCUT2D eigenvalue weighted by molar-refractivity contribution is -0.121. The van der Waals surface area contributed by atoms with Crippen LogP contribution in [-0.4, -0.2) is 78.8 Å². The van der Waals surface area contributed by atoms with E-state index in [2.05, 4.69) is 15.5 Å². The van der Waals surface area contributed by atoms with E-state index in [0.717, 1.165) is 32.6 Å². The molecule has 0 saturated carbocycles. The molecule has 0 radical (unpaired) electrons. The normalized spacial score (nSPS) is 17.8. The number of β-amino-alcohol motifs (C(OH)–C–C–N with tert-alkyl or cyclic N) is 1. The van der Waals surface area contributed by atoms with Crippen LogP contribution in [0.5, 0.6) is 0 Å². The lowest BCUT2D eigenvalue weighted by atomic mass is 10.3. The predicted octanol–water partition coefficient (Wildman–Crippen LogP) is -0.779. The molecule has 3 N–H and O–H groups in total. The first-order chi connectivity index (χ1) is 9.51. The Bertz CT molecular complexity index is 323. The van der Waals surface area contributed by atoms with Crippen LogP contribution in [0.2, 0.25) is 0 Å². The third-order valence-corrected chi connectivity index (χ3v) is 3.14. The molecule has 0 spiro atoms. The van der Waals surface area contributed by atoms with Crippen molar-refractivity contribution >= 4 is 11.9 Å². The summed E-state index contributed by atoms with van der Waals surface area (Å²) < 4.78 is 0. The van der Waals surface area contributed by atoms with Gasteiger partial charge in [0, 0.05) is 25.7 Å². The maximum Gasteiger partial charge on any atom is 0.321 e. The Morgan fingerprint density at radius 3 is 2.45 bits per heavy atom. The summed E-state index contributed by atoms with van der Waals surface area (Å²) in [5, 5.41) is 13.9. The van der Waals surface area contributed by atoms with Gasteiger partial charge in [-0.25, -0.2) is 4.79 Å². The number of aliphatic hydroxyl groups is 1. The molecule has 0 aliphatic carbocycles. The standard InChI is InChI=1S/C13H26N4O3/c1-11(2)14-13(20)15-12(19)10-17-5-3-4-16(6-7-17)8-9-18/h11,18H,3-10H2,1-2H3,(H2,14,15,19,20). The number of carbonyl (C=O) groups excluding carboxylic acids is 2. The van der Waals surface area contributed by atoms with E-state index in [1.807, 2.05) is 18.7 Å². The first-order valence-corrected chi connectivity index (χ1v) is 7.17. The number of rotatable bonds is 5. The van der Waals surface area contributed by atoms with E-state index in [4.69, 9.17) is 5.11 Å². The number of imide groups is 1. The van der Waals surface area contributed by atoms with Crippen LogP contribution in [-0.2, 0) is 4.79 Å². The molecule has 0 bridgehead atoms. The van der Waals surface area contributed by atoms with Crippen molar-refractivity contribution in [1.82, 2.24) is 20.4 Å². The molecule has 0 aromatic rings. The fourth-order valence-electron chi connectivity index (χ4n) is 2.22. The molecule has 7 nitrogen and oxygen atoms in total. The molecule has 116 valence electrons. The Kier molecular flexibility index (Phi) is 7.50. The maximum absolute atomic E-state index is 11.8. The highest BCUT2D eigenvalue weighted by Gasteiger charge is 2.17. The number of carbonyl (C=O) groups is 2. The number of amides is 3. The Morgan fingerprint density at radius 2 is 1.80 bits per heavy atom. The second kappa shape index (κ2) is 8.89. The Balaban J connectivity index is 2.29. The van der Waals surface area contributed by atoms with Gasteiger partial charge in [0.25, 0.3) is 0 Å². The van der Waals surface area contributed by atoms with Crippen LogP contribution in [0.1, 0.15) is 20.3 Å². The quantitative estimate of drug-likeness (QED) is 0.617. The van der Waals surface area contributed by atoms with Crippen molar-refractivity contribution in [1.29, 1.82) is 0 Å². The van der Waals surface area contributed by atoms with Crippen LogP contribution in [0, 0.1) is 0 Å². The highest BCUT2D eigenvalue weighted by molar-refractivity contribution is 5.95. The van der Waals surface area contributed by atoms with Gasteiger partial charge in [0.05, 0.1) is 13.2 Å². The molecule has 1 fully saturated rings. The second-order valence-corrected chi connectivity index (χ2v) is 5.37. The maximum atomic E-state index is 11.8. The molecule has 1 saturated heterocycles. The van der Waals surface area contributed by atoms with Crippen LogP contribution >= 0.6 is 0 Å². The zero-order valence-electron chi connectivity index (χ0n) is 12.4. The zero-order valence-corrected chi connectivity index (χ0v) is 12.4. The lowest BCUT2D eigenvalue weighted by Gasteiger charge is -2.20. The van der Waals surface area contributed by atoms with E-state index in [1.54, 1.807) is 0 Å². The van der Waals surface area contributed by atoms with Crippen molar-refractivity contribution in [2.75, 3.05) is 45.9 Å². The molecule has 1 rings (SSSR count). The Labute approximate surface area is 120 Å². The van der Waals surface area contributed by atoms with E-state index >= 15 is 0 Å². The van der Waals surface area contributed by atoms with Gasteiger partial charge in [-0.1, -0.05) is 0 Å². The van der Waals surface area contributed by atoms with E-state index in [-0.39, 0.29) is 25.1 Å². The van der Waals surface area contributed by atoms with Crippen LogP contribution in [0.4, 0.5) is 4.79 Å². The van der Waals surface area contributed by atoms with Gasteiger partial charge in [-0.2, -0.15) is 0 Å². The van der Waals surface area contributed by atoms with Crippen molar-refractivity contribution in [3.8, 4) is 0 Å². The van der Waals surface area contributed by atoms with Crippen molar-refractivity contribution in [3.05, 3.63) is 0 Å². The van der Waals surface area contributed by atoms with Gasteiger partial charge in [-0.05, 0) is 33.4 Å². The third-order valence-electron chi connectivity index (χ3n) is 3.14. The molecule has 3 amide bonds. The minimum atomic E-state index is -0.443. The summed E-state index contributed by atoms with van der Waals surface area (Å²) in [7, 11) is 0. The predicted molar refractivity (Wildman–Crippen MR) is 76.4 cm³/mol. The van der Waals surface area contributed by atoms with Gasteiger partial charge in [0.2, 0.25) is 5.91 Å². The molecular weight excluding hydrogens is 260 g/mol. The van der Waals surface area contributed by atoms with E-state index in [0.29, 0.717) is 6.54 Å². The molecule has 1 aliphatic rings. The molecular formula is C13H26N4O3. The molecule has 20 heavy (non-hydrogen) atoms. The highest BCUT2D eigenvalue weighted by Crippen LogP contribution is 2.02. The average molecular weight is 286 g/mol. The van der Waals surface area contributed by atoms with Crippen molar-refractivity contribution in [3.63, 3.8) is 0 Å². The van der Waals surface area contributed by atoms with Gasteiger partial charge in [-0.3, -0.25) is 19.9 Å². The fraction of sp³-hybridized carbons (Fsp3) is 0.846. The second-order valence-electron chi connectivity index (χ2n) is 5.37. The minimum absolute atomic E-state index is 0.00743. The van der Waals surface area contributed by atoms with Crippen LogP contribution in [0.15, 0.2) is 0 Å². The monoisotopic (exact) mass is 286 g/mol. The molecule has 1 aliphatic heterocycles. The average Bonchev–Trinajstić information content (AvgIpc) is 2.54. The molecule has 0 atom stereocenters. The zero-order chi connectivity index (χ0) is 15.0. The fourth-order valence-corrected chi connectivity index (χ4v) is 2.22. The van der Waals surface area contributed by atoms with Crippen LogP contribution < -0.4 is 10.6 Å². The van der Waals surface area contributed by atoms with Crippen LogP contribution in [0.3, 0.4) is 0 Å². The molecule has 0 aromatic heterocycles. The van der Waals surface area contributed by atoms with E-state index < -0.39 is 6.03 Å². The minimum Gasteiger partial charge on any atom is -0.395 e. The van der Waals surface area contributed by atoms with Gasteiger partial charge in [-0.15, -0.1) is 0 Å². The smallest absolute Gasteiger partial charge is 0.321 e. The largest absolute Gasteiger partial charge is 0.395 e. The number of hydrogen-bond acceptors (Lipinski definition) is 5. The molecule has 0 unspecified atom stereocenters. The SMILES string of the molecule is CC(C)NC(=O)NC(=O)CN1CCCN(CCO)CC1. The van der Waals surface area contributed by atoms with Gasteiger partial charge in [0.15, 0.2) is 0 Å². The number of urea groups is 1. The first kappa shape index (κ1) is 16.9. The molecule has 1 heterocycles. The van der Waals surface area contributed by atoms with Crippen molar-refractivity contribution < 1.29 is 14.7 Å². The van der Waals surface area contributed by atoms with Gasteiger partial charge in [0.1, 0.15) is 0 Å². The van der Waals surface area contributed by atoms with Gasteiger partial charge >= 0.3 is 6.03 Å². The summed E-state index contributed by atoms with van der Waals surface area (Å²) in [5.41, 5.74) is 0. The number of nitrogens with zero attached hydrogens (tertiary/aromatic N) is 2. The Hall–Kier alpha value is -1.18. The van der Waals surface area contributed by atoms with Crippen LogP contribution in [0.25, 0.3) is 0 Å². The number of aliphatic hydroxyl groups excluding tert-OH is 1.